The normalized spacial score (nSPS) is 14.0. The summed E-state index contributed by atoms with van der Waals surface area (Å²) in [4.78, 5) is 13.4. The Hall–Kier alpha value is -5.61. The molecule has 0 aliphatic heterocycles. The molecule has 0 amide bonds. The molecule has 0 atom stereocenters. The Balaban J connectivity index is 1.28. The third-order valence-corrected chi connectivity index (χ3v) is 9.76. The number of benzene rings is 6. The topological polar surface area (TPSA) is 48.3 Å². The van der Waals surface area contributed by atoms with Gasteiger partial charge in [0.15, 0.2) is 0 Å². The quantitative estimate of drug-likeness (QED) is 0.185. The molecule has 0 spiro atoms. The molecule has 3 aromatic heterocycles. The van der Waals surface area contributed by atoms with E-state index in [-0.39, 0.29) is 10.8 Å². The van der Waals surface area contributed by atoms with Gasteiger partial charge in [0.05, 0.1) is 21.8 Å². The lowest BCUT2D eigenvalue weighted by Gasteiger charge is -2.23. The number of fused-ring (bicyclic) bond motifs is 12. The molecule has 1 aliphatic carbocycles. The van der Waals surface area contributed by atoms with Crippen LogP contribution in [0.5, 0.6) is 0 Å². The summed E-state index contributed by atoms with van der Waals surface area (Å²) in [5.74, 6) is 0. The molecule has 208 valence electrons. The zero-order valence-electron chi connectivity index (χ0n) is 24.1. The van der Waals surface area contributed by atoms with Gasteiger partial charge >= 0.3 is 0 Å². The van der Waals surface area contributed by atoms with E-state index in [4.69, 9.17) is 8.83 Å². The lowest BCUT2D eigenvalue weighted by atomic mass is 9.81. The van der Waals surface area contributed by atoms with Gasteiger partial charge in [-0.15, -0.1) is 0 Å². The zero-order chi connectivity index (χ0) is 29.3. The minimum atomic E-state index is -0.162. The van der Waals surface area contributed by atoms with Crippen LogP contribution in [0.2, 0.25) is 0 Å². The molecule has 0 unspecified atom stereocenters. The maximum atomic E-state index is 13.4. The van der Waals surface area contributed by atoms with Crippen LogP contribution in [0.4, 0.5) is 0 Å². The highest BCUT2D eigenvalue weighted by atomic mass is 16.3. The standard InChI is InChI=1S/C40H25NO3/c1-40(2)31-12-6-3-9-23(31)26-17-18-27-24-10-4-7-13-32(24)41(38(27)37(26)40)22-15-16-25-29-20-30-36(21-35(29)44-34(25)19-22)43-33-14-8-5-11-28(33)39(30)42/h3-21H,1-2H3. The van der Waals surface area contributed by atoms with Crippen molar-refractivity contribution in [2.45, 2.75) is 19.3 Å². The first kappa shape index (κ1) is 23.9. The second-order valence-electron chi connectivity index (χ2n) is 12.5. The Morgan fingerprint density at radius 3 is 2.16 bits per heavy atom. The highest BCUT2D eigenvalue weighted by Gasteiger charge is 2.38. The second-order valence-corrected chi connectivity index (χ2v) is 12.5. The van der Waals surface area contributed by atoms with Gasteiger partial charge < -0.3 is 13.4 Å². The van der Waals surface area contributed by atoms with Gasteiger partial charge in [0.25, 0.3) is 0 Å². The van der Waals surface area contributed by atoms with Gasteiger partial charge in [-0.1, -0.05) is 80.6 Å². The molecule has 4 nitrogen and oxygen atoms in total. The number of hydrogen-bond donors (Lipinski definition) is 0. The van der Waals surface area contributed by atoms with E-state index in [1.807, 2.05) is 36.4 Å². The Morgan fingerprint density at radius 2 is 1.25 bits per heavy atom. The smallest absolute Gasteiger partial charge is 0.200 e. The molecule has 9 aromatic rings. The molecular weight excluding hydrogens is 542 g/mol. The first-order valence-electron chi connectivity index (χ1n) is 15.0. The fourth-order valence-electron chi connectivity index (χ4n) is 7.78. The van der Waals surface area contributed by atoms with Crippen molar-refractivity contribution in [2.24, 2.45) is 0 Å². The summed E-state index contributed by atoms with van der Waals surface area (Å²) in [6.07, 6.45) is 0. The molecule has 0 N–H and O–H groups in total. The van der Waals surface area contributed by atoms with Gasteiger partial charge in [-0.2, -0.15) is 0 Å². The molecule has 0 bridgehead atoms. The average Bonchev–Trinajstić information content (AvgIpc) is 3.65. The number of furan rings is 1. The molecule has 0 fully saturated rings. The van der Waals surface area contributed by atoms with E-state index in [2.05, 4.69) is 97.3 Å². The van der Waals surface area contributed by atoms with E-state index in [0.29, 0.717) is 27.5 Å². The molecule has 1 aliphatic rings. The second kappa shape index (κ2) is 8.06. The van der Waals surface area contributed by atoms with Gasteiger partial charge in [0, 0.05) is 44.8 Å². The highest BCUT2D eigenvalue weighted by molar-refractivity contribution is 6.14. The minimum absolute atomic E-state index is 0.0301. The van der Waals surface area contributed by atoms with Crippen molar-refractivity contribution in [3.8, 4) is 16.8 Å². The van der Waals surface area contributed by atoms with Crippen molar-refractivity contribution in [3.05, 3.63) is 137 Å². The summed E-state index contributed by atoms with van der Waals surface area (Å²) >= 11 is 0. The molecule has 4 heteroatoms. The highest BCUT2D eigenvalue weighted by Crippen LogP contribution is 2.53. The molecule has 3 heterocycles. The molecular formula is C40H25NO3. The maximum absolute atomic E-state index is 13.4. The van der Waals surface area contributed by atoms with Gasteiger partial charge in [0.1, 0.15) is 22.3 Å². The number of nitrogens with zero attached hydrogens (tertiary/aromatic N) is 1. The fraction of sp³-hybridized carbons (Fsp3) is 0.0750. The number of para-hydroxylation sites is 2. The van der Waals surface area contributed by atoms with Crippen LogP contribution < -0.4 is 5.43 Å². The van der Waals surface area contributed by atoms with Crippen LogP contribution in [0.25, 0.3) is 82.5 Å². The van der Waals surface area contributed by atoms with E-state index >= 15 is 0 Å². The first-order chi connectivity index (χ1) is 21.5. The van der Waals surface area contributed by atoms with E-state index < -0.39 is 0 Å². The van der Waals surface area contributed by atoms with Crippen molar-refractivity contribution in [1.29, 1.82) is 0 Å². The summed E-state index contributed by atoms with van der Waals surface area (Å²) in [7, 11) is 0. The van der Waals surface area contributed by atoms with E-state index in [1.165, 1.54) is 38.5 Å². The summed E-state index contributed by atoms with van der Waals surface area (Å²) in [5.41, 5.74) is 11.1. The first-order valence-corrected chi connectivity index (χ1v) is 15.0. The van der Waals surface area contributed by atoms with Crippen LogP contribution in [0, 0.1) is 0 Å². The van der Waals surface area contributed by atoms with Crippen molar-refractivity contribution in [2.75, 3.05) is 0 Å². The Labute approximate surface area is 251 Å². The molecule has 44 heavy (non-hydrogen) atoms. The summed E-state index contributed by atoms with van der Waals surface area (Å²) in [6, 6.07) is 39.6. The van der Waals surface area contributed by atoms with Gasteiger partial charge in [-0.25, -0.2) is 0 Å². The van der Waals surface area contributed by atoms with Crippen LogP contribution in [0.1, 0.15) is 25.0 Å². The fourth-order valence-corrected chi connectivity index (χ4v) is 7.78. The minimum Gasteiger partial charge on any atom is -0.456 e. The molecule has 10 rings (SSSR count). The average molecular weight is 568 g/mol. The zero-order valence-corrected chi connectivity index (χ0v) is 24.1. The van der Waals surface area contributed by atoms with Crippen molar-refractivity contribution >= 4 is 65.7 Å². The van der Waals surface area contributed by atoms with Crippen LogP contribution in [-0.4, -0.2) is 4.57 Å². The van der Waals surface area contributed by atoms with Gasteiger partial charge in [-0.3, -0.25) is 4.79 Å². The van der Waals surface area contributed by atoms with E-state index in [9.17, 15) is 4.79 Å². The molecule has 0 saturated carbocycles. The molecule has 0 saturated heterocycles. The Bertz CT molecular complexity index is 2770. The summed E-state index contributed by atoms with van der Waals surface area (Å²) in [6.45, 7) is 4.68. The Morgan fingerprint density at radius 1 is 0.545 bits per heavy atom. The van der Waals surface area contributed by atoms with Crippen LogP contribution in [0.15, 0.2) is 129 Å². The summed E-state index contributed by atoms with van der Waals surface area (Å²) in [5, 5.41) is 5.48. The third-order valence-electron chi connectivity index (χ3n) is 9.76. The SMILES string of the molecule is CC1(C)c2ccccc2-c2ccc3c4ccccc4n(-c4ccc5c(c4)oc4cc6oc7ccccc7c(=O)c6cc45)c3c21. The summed E-state index contributed by atoms with van der Waals surface area (Å²) < 4.78 is 15.0. The van der Waals surface area contributed by atoms with Crippen molar-refractivity contribution in [3.63, 3.8) is 0 Å². The number of rotatable bonds is 1. The van der Waals surface area contributed by atoms with Gasteiger partial charge in [-0.05, 0) is 58.7 Å². The van der Waals surface area contributed by atoms with Gasteiger partial charge in [0.2, 0.25) is 5.43 Å². The van der Waals surface area contributed by atoms with E-state index in [0.717, 1.165) is 27.6 Å². The molecule has 6 aromatic carbocycles. The Kier molecular flexibility index (Phi) is 4.38. The predicted molar refractivity (Wildman–Crippen MR) is 179 cm³/mol. The van der Waals surface area contributed by atoms with Crippen LogP contribution >= 0.6 is 0 Å². The van der Waals surface area contributed by atoms with Crippen molar-refractivity contribution < 1.29 is 8.83 Å². The van der Waals surface area contributed by atoms with Crippen LogP contribution in [0.3, 0.4) is 0 Å². The number of aromatic nitrogens is 1. The van der Waals surface area contributed by atoms with Crippen molar-refractivity contribution in [1.82, 2.24) is 4.57 Å². The largest absolute Gasteiger partial charge is 0.456 e. The van der Waals surface area contributed by atoms with E-state index in [1.54, 1.807) is 0 Å². The molecule has 0 radical (unpaired) electrons. The van der Waals surface area contributed by atoms with Crippen LogP contribution in [-0.2, 0) is 5.41 Å². The lowest BCUT2D eigenvalue weighted by molar-refractivity contribution is 0.650. The monoisotopic (exact) mass is 567 g/mol. The predicted octanol–water partition coefficient (Wildman–Crippen LogP) is 10.2. The maximum Gasteiger partial charge on any atom is 0.200 e. The lowest BCUT2D eigenvalue weighted by Crippen LogP contribution is -2.16. The third kappa shape index (κ3) is 2.90. The number of hydrogen-bond acceptors (Lipinski definition) is 3.